The minimum absolute atomic E-state index is 0.200. The highest BCUT2D eigenvalue weighted by Gasteiger charge is 2.03. The Balaban J connectivity index is 2.14. The Morgan fingerprint density at radius 3 is 2.52 bits per heavy atom. The van der Waals surface area contributed by atoms with Crippen LogP contribution in [0.2, 0.25) is 0 Å². The quantitative estimate of drug-likeness (QED) is 0.665. The number of nitriles is 1. The molecule has 0 amide bonds. The van der Waals surface area contributed by atoms with Crippen LogP contribution in [0.4, 0.5) is 5.69 Å². The lowest BCUT2D eigenvalue weighted by Crippen LogP contribution is -2.01. The Labute approximate surface area is 122 Å². The fourth-order valence-corrected chi connectivity index (χ4v) is 1.72. The SMILES string of the molecule is C/C(=N\Nc1cccc(C(=O)O)c1)c1ccc(C#N)cc1. The number of benzene rings is 2. The topological polar surface area (TPSA) is 85.5 Å². The lowest BCUT2D eigenvalue weighted by Gasteiger charge is -2.04. The summed E-state index contributed by atoms with van der Waals surface area (Å²) in [5.74, 6) is -0.980. The maximum Gasteiger partial charge on any atom is 0.335 e. The van der Waals surface area contributed by atoms with E-state index in [0.29, 0.717) is 11.3 Å². The Hall–Kier alpha value is -3.13. The molecule has 0 heterocycles. The van der Waals surface area contributed by atoms with Gasteiger partial charge in [-0.2, -0.15) is 10.4 Å². The molecule has 21 heavy (non-hydrogen) atoms. The average molecular weight is 279 g/mol. The maximum absolute atomic E-state index is 10.9. The van der Waals surface area contributed by atoms with E-state index in [2.05, 4.69) is 16.6 Å². The van der Waals surface area contributed by atoms with Crippen LogP contribution in [0.25, 0.3) is 0 Å². The van der Waals surface area contributed by atoms with Gasteiger partial charge in [-0.3, -0.25) is 5.43 Å². The second kappa shape index (κ2) is 6.35. The van der Waals surface area contributed by atoms with Gasteiger partial charge in [0.1, 0.15) is 0 Å². The summed E-state index contributed by atoms with van der Waals surface area (Å²) in [5.41, 5.74) is 5.84. The van der Waals surface area contributed by atoms with Crippen LogP contribution in [0.5, 0.6) is 0 Å². The zero-order chi connectivity index (χ0) is 15.2. The molecule has 104 valence electrons. The summed E-state index contributed by atoms with van der Waals surface area (Å²) in [7, 11) is 0. The molecule has 5 heteroatoms. The molecule has 0 aromatic heterocycles. The number of hydrazone groups is 1. The van der Waals surface area contributed by atoms with Crippen LogP contribution in [-0.2, 0) is 0 Å². The molecule has 5 nitrogen and oxygen atoms in total. The summed E-state index contributed by atoms with van der Waals surface area (Å²) in [4.78, 5) is 10.9. The number of carboxylic acids is 1. The third kappa shape index (κ3) is 3.67. The Morgan fingerprint density at radius 2 is 1.90 bits per heavy atom. The Bertz CT molecular complexity index is 728. The zero-order valence-corrected chi connectivity index (χ0v) is 11.4. The molecule has 2 N–H and O–H groups in total. The molecule has 2 aromatic carbocycles. The van der Waals surface area contributed by atoms with Gasteiger partial charge in [0.2, 0.25) is 0 Å². The summed E-state index contributed by atoms with van der Waals surface area (Å²) < 4.78 is 0. The van der Waals surface area contributed by atoms with Gasteiger partial charge >= 0.3 is 5.97 Å². The van der Waals surface area contributed by atoms with E-state index in [-0.39, 0.29) is 5.56 Å². The lowest BCUT2D eigenvalue weighted by atomic mass is 10.1. The number of hydrogen-bond acceptors (Lipinski definition) is 4. The van der Waals surface area contributed by atoms with E-state index in [9.17, 15) is 4.79 Å². The van der Waals surface area contributed by atoms with E-state index in [1.807, 2.05) is 19.1 Å². The van der Waals surface area contributed by atoms with Crippen molar-refractivity contribution in [1.29, 1.82) is 5.26 Å². The number of aromatic carboxylic acids is 1. The first-order valence-electron chi connectivity index (χ1n) is 6.24. The first-order valence-corrected chi connectivity index (χ1v) is 6.24. The fourth-order valence-electron chi connectivity index (χ4n) is 1.72. The van der Waals surface area contributed by atoms with Crippen molar-refractivity contribution in [2.24, 2.45) is 5.10 Å². The highest BCUT2D eigenvalue weighted by Crippen LogP contribution is 2.11. The predicted octanol–water partition coefficient (Wildman–Crippen LogP) is 3.09. The van der Waals surface area contributed by atoms with Crippen LogP contribution in [0.15, 0.2) is 53.6 Å². The maximum atomic E-state index is 10.9. The van der Waals surface area contributed by atoms with Gasteiger partial charge in [0, 0.05) is 0 Å². The van der Waals surface area contributed by atoms with Crippen molar-refractivity contribution in [2.75, 3.05) is 5.43 Å². The van der Waals surface area contributed by atoms with Gasteiger partial charge < -0.3 is 5.11 Å². The van der Waals surface area contributed by atoms with Crippen molar-refractivity contribution in [1.82, 2.24) is 0 Å². The Kier molecular flexibility index (Phi) is 4.32. The molecule has 0 aliphatic heterocycles. The van der Waals surface area contributed by atoms with Crippen LogP contribution in [0.3, 0.4) is 0 Å². The van der Waals surface area contributed by atoms with Crippen molar-refractivity contribution in [2.45, 2.75) is 6.92 Å². The molecular weight excluding hydrogens is 266 g/mol. The second-order valence-electron chi connectivity index (χ2n) is 4.38. The third-order valence-electron chi connectivity index (χ3n) is 2.89. The van der Waals surface area contributed by atoms with Gasteiger partial charge in [-0.15, -0.1) is 0 Å². The van der Waals surface area contributed by atoms with Gasteiger partial charge in [-0.05, 0) is 42.8 Å². The van der Waals surface area contributed by atoms with E-state index in [1.54, 1.807) is 24.3 Å². The molecule has 0 fully saturated rings. The summed E-state index contributed by atoms with van der Waals surface area (Å²) in [6, 6.07) is 15.5. The number of carboxylic acid groups (broad SMARTS) is 1. The summed E-state index contributed by atoms with van der Waals surface area (Å²) >= 11 is 0. The monoisotopic (exact) mass is 279 g/mol. The van der Waals surface area contributed by atoms with Crippen molar-refractivity contribution in [3.05, 3.63) is 65.2 Å². The van der Waals surface area contributed by atoms with Crippen LogP contribution in [-0.4, -0.2) is 16.8 Å². The van der Waals surface area contributed by atoms with Crippen molar-refractivity contribution >= 4 is 17.4 Å². The van der Waals surface area contributed by atoms with Crippen molar-refractivity contribution in [3.8, 4) is 6.07 Å². The van der Waals surface area contributed by atoms with Crippen LogP contribution >= 0.6 is 0 Å². The van der Waals surface area contributed by atoms with Crippen molar-refractivity contribution in [3.63, 3.8) is 0 Å². The van der Waals surface area contributed by atoms with Crippen LogP contribution in [0, 0.1) is 11.3 Å². The first-order chi connectivity index (χ1) is 10.1. The first kappa shape index (κ1) is 14.3. The normalized spacial score (nSPS) is 10.8. The number of carbonyl (C=O) groups is 1. The lowest BCUT2D eigenvalue weighted by molar-refractivity contribution is 0.0697. The highest BCUT2D eigenvalue weighted by atomic mass is 16.4. The smallest absolute Gasteiger partial charge is 0.335 e. The number of rotatable bonds is 4. The standard InChI is InChI=1S/C16H13N3O2/c1-11(13-7-5-12(10-17)6-8-13)18-19-15-4-2-3-14(9-15)16(20)21/h2-9,19H,1H3,(H,20,21)/b18-11+. The van der Waals surface area contributed by atoms with Gasteiger partial charge in [0.05, 0.1) is 28.6 Å². The number of nitrogens with zero attached hydrogens (tertiary/aromatic N) is 2. The molecule has 2 aromatic rings. The molecule has 0 saturated carbocycles. The molecule has 0 bridgehead atoms. The van der Waals surface area contributed by atoms with Gasteiger partial charge in [0.25, 0.3) is 0 Å². The number of nitrogens with one attached hydrogen (secondary N) is 1. The molecule has 0 aliphatic rings. The molecular formula is C16H13N3O2. The van der Waals surface area contributed by atoms with Crippen LogP contribution < -0.4 is 5.43 Å². The molecule has 0 spiro atoms. The molecule has 0 aliphatic carbocycles. The Morgan fingerprint density at radius 1 is 1.19 bits per heavy atom. The fraction of sp³-hybridized carbons (Fsp3) is 0.0625. The number of anilines is 1. The second-order valence-corrected chi connectivity index (χ2v) is 4.38. The molecule has 2 rings (SSSR count). The summed E-state index contributed by atoms with van der Waals surface area (Å²) in [5, 5.41) is 21.9. The molecule has 0 saturated heterocycles. The summed E-state index contributed by atoms with van der Waals surface area (Å²) in [6.07, 6.45) is 0. The highest BCUT2D eigenvalue weighted by molar-refractivity contribution is 5.99. The number of hydrogen-bond donors (Lipinski definition) is 2. The largest absolute Gasteiger partial charge is 0.478 e. The zero-order valence-electron chi connectivity index (χ0n) is 11.4. The van der Waals surface area contributed by atoms with Gasteiger partial charge in [-0.1, -0.05) is 18.2 Å². The van der Waals surface area contributed by atoms with E-state index in [4.69, 9.17) is 10.4 Å². The van der Waals surface area contributed by atoms with Crippen molar-refractivity contribution < 1.29 is 9.90 Å². The van der Waals surface area contributed by atoms with Gasteiger partial charge in [-0.25, -0.2) is 4.79 Å². The van der Waals surface area contributed by atoms with E-state index in [0.717, 1.165) is 11.3 Å². The van der Waals surface area contributed by atoms with E-state index < -0.39 is 5.97 Å². The average Bonchev–Trinajstić information content (AvgIpc) is 2.53. The minimum Gasteiger partial charge on any atom is -0.478 e. The minimum atomic E-state index is -0.980. The molecule has 0 radical (unpaired) electrons. The van der Waals surface area contributed by atoms with Crippen LogP contribution in [0.1, 0.15) is 28.4 Å². The van der Waals surface area contributed by atoms with E-state index >= 15 is 0 Å². The molecule has 0 unspecified atom stereocenters. The molecule has 0 atom stereocenters. The summed E-state index contributed by atoms with van der Waals surface area (Å²) in [6.45, 7) is 1.83. The van der Waals surface area contributed by atoms with Gasteiger partial charge in [0.15, 0.2) is 0 Å². The third-order valence-corrected chi connectivity index (χ3v) is 2.89. The predicted molar refractivity (Wildman–Crippen MR) is 80.4 cm³/mol. The van der Waals surface area contributed by atoms with E-state index in [1.165, 1.54) is 12.1 Å².